The average Bonchev–Trinajstić information content (AvgIpc) is 2.09. The molecule has 3 heteroatoms. The van der Waals surface area contributed by atoms with E-state index in [1.54, 1.807) is 18.7 Å². The summed E-state index contributed by atoms with van der Waals surface area (Å²) < 4.78 is 0. The number of carbonyl (C=O) groups is 2. The van der Waals surface area contributed by atoms with E-state index in [2.05, 4.69) is 0 Å². The van der Waals surface area contributed by atoms with E-state index < -0.39 is 0 Å². The van der Waals surface area contributed by atoms with Gasteiger partial charge in [0.1, 0.15) is 5.78 Å². The predicted molar refractivity (Wildman–Crippen MR) is 55.7 cm³/mol. The summed E-state index contributed by atoms with van der Waals surface area (Å²) in [6, 6.07) is 0. The van der Waals surface area contributed by atoms with Crippen LogP contribution in [0.15, 0.2) is 0 Å². The van der Waals surface area contributed by atoms with E-state index in [9.17, 15) is 9.59 Å². The van der Waals surface area contributed by atoms with Crippen molar-refractivity contribution in [3.63, 3.8) is 0 Å². The van der Waals surface area contributed by atoms with Gasteiger partial charge in [0.25, 0.3) is 0 Å². The minimum Gasteiger partial charge on any atom is -0.343 e. The van der Waals surface area contributed by atoms with E-state index in [0.29, 0.717) is 25.9 Å². The van der Waals surface area contributed by atoms with Crippen molar-refractivity contribution in [2.75, 3.05) is 13.1 Å². The minimum atomic E-state index is 0.0574. The zero-order valence-corrected chi connectivity index (χ0v) is 9.08. The maximum atomic E-state index is 11.1. The molecule has 0 fully saturated rings. The first kappa shape index (κ1) is 13.1. The number of carbonyl (C=O) groups excluding carboxylic acids is 2. The highest BCUT2D eigenvalue weighted by atomic mass is 16.2. The summed E-state index contributed by atoms with van der Waals surface area (Å²) in [5, 5.41) is 0. The Balaban J connectivity index is 3.73. The topological polar surface area (TPSA) is 37.4 Å². The van der Waals surface area contributed by atoms with Gasteiger partial charge in [-0.05, 0) is 33.1 Å². The lowest BCUT2D eigenvalue weighted by atomic mass is 10.2. The molecule has 1 amide bonds. The molecule has 0 N–H and O–H groups in total. The first-order chi connectivity index (χ1) is 6.57. The molecule has 0 heterocycles. The van der Waals surface area contributed by atoms with Gasteiger partial charge >= 0.3 is 0 Å². The molecule has 80 valence electrons. The molecule has 0 saturated carbocycles. The number of hydrogen-bond acceptors (Lipinski definition) is 2. The molecule has 0 atom stereocenters. The smallest absolute Gasteiger partial charge is 0.219 e. The third-order valence-electron chi connectivity index (χ3n) is 2.03. The monoisotopic (exact) mass is 197 g/mol. The molecule has 0 aliphatic heterocycles. The summed E-state index contributed by atoms with van der Waals surface area (Å²) in [5.41, 5.74) is 0. The van der Waals surface area contributed by atoms with Gasteiger partial charge < -0.3 is 9.69 Å². The van der Waals surface area contributed by atoms with Crippen LogP contribution in [0.1, 0.15) is 39.5 Å². The standard InChI is InChI=1S/C11H19NO2/c1-4-5-8-12(11(3)14)9-6-7-10(2)13/h1H,4-9H2,2-3H3. The molecule has 3 nitrogen and oxygen atoms in total. The molecule has 0 unspecified atom stereocenters. The van der Waals surface area contributed by atoms with Crippen LogP contribution < -0.4 is 0 Å². The Kier molecular flexibility index (Phi) is 7.07. The van der Waals surface area contributed by atoms with E-state index in [1.807, 2.05) is 0 Å². The second kappa shape index (κ2) is 7.54. The van der Waals surface area contributed by atoms with Gasteiger partial charge in [0, 0.05) is 26.4 Å². The van der Waals surface area contributed by atoms with Crippen LogP contribution in [-0.2, 0) is 9.59 Å². The van der Waals surface area contributed by atoms with Crippen molar-refractivity contribution in [2.24, 2.45) is 0 Å². The molecule has 0 bridgehead atoms. The van der Waals surface area contributed by atoms with Gasteiger partial charge in [-0.15, -0.1) is 0 Å². The van der Waals surface area contributed by atoms with E-state index >= 15 is 0 Å². The van der Waals surface area contributed by atoms with Gasteiger partial charge in [-0.2, -0.15) is 0 Å². The third-order valence-corrected chi connectivity index (χ3v) is 2.03. The number of amides is 1. The fourth-order valence-electron chi connectivity index (χ4n) is 1.23. The summed E-state index contributed by atoms with van der Waals surface area (Å²) >= 11 is 0. The van der Waals surface area contributed by atoms with Crippen molar-refractivity contribution in [2.45, 2.75) is 39.5 Å². The first-order valence-corrected chi connectivity index (χ1v) is 5.03. The average molecular weight is 197 g/mol. The molecule has 0 aromatic rings. The number of unbranched alkanes of at least 4 members (excludes halogenated alkanes) is 1. The fraction of sp³-hybridized carbons (Fsp3) is 0.727. The predicted octanol–water partition coefficient (Wildman–Crippen LogP) is 1.70. The van der Waals surface area contributed by atoms with Gasteiger partial charge in [0.05, 0.1) is 0 Å². The van der Waals surface area contributed by atoms with E-state index in [4.69, 9.17) is 6.92 Å². The quantitative estimate of drug-likeness (QED) is 0.623. The zero-order valence-electron chi connectivity index (χ0n) is 9.08. The maximum absolute atomic E-state index is 11.1. The molecule has 0 aromatic heterocycles. The summed E-state index contributed by atoms with van der Waals surface area (Å²) in [6.07, 6.45) is 2.71. The molecule has 0 rings (SSSR count). The lowest BCUT2D eigenvalue weighted by molar-refractivity contribution is -0.129. The van der Waals surface area contributed by atoms with Crippen LogP contribution in [0.2, 0.25) is 0 Å². The van der Waals surface area contributed by atoms with E-state index in [0.717, 1.165) is 12.8 Å². The Morgan fingerprint density at radius 1 is 1.14 bits per heavy atom. The van der Waals surface area contributed by atoms with Crippen LogP contribution in [0.25, 0.3) is 0 Å². The van der Waals surface area contributed by atoms with Crippen LogP contribution >= 0.6 is 0 Å². The minimum absolute atomic E-state index is 0.0574. The molecule has 2 radical (unpaired) electrons. The van der Waals surface area contributed by atoms with Crippen molar-refractivity contribution in [1.82, 2.24) is 4.90 Å². The van der Waals surface area contributed by atoms with Crippen LogP contribution in [0.4, 0.5) is 0 Å². The Morgan fingerprint density at radius 2 is 1.71 bits per heavy atom. The van der Waals surface area contributed by atoms with Gasteiger partial charge in [-0.1, -0.05) is 0 Å². The van der Waals surface area contributed by atoms with E-state index in [1.165, 1.54) is 0 Å². The van der Waals surface area contributed by atoms with Gasteiger partial charge in [-0.3, -0.25) is 4.79 Å². The van der Waals surface area contributed by atoms with Crippen LogP contribution in [0.3, 0.4) is 0 Å². The lowest BCUT2D eigenvalue weighted by Gasteiger charge is -2.20. The van der Waals surface area contributed by atoms with Gasteiger partial charge in [0.2, 0.25) is 5.91 Å². The number of ketones is 1. The second-order valence-corrected chi connectivity index (χ2v) is 3.45. The number of nitrogens with zero attached hydrogens (tertiary/aromatic N) is 1. The lowest BCUT2D eigenvalue weighted by Crippen LogP contribution is -2.30. The van der Waals surface area contributed by atoms with Crippen molar-refractivity contribution in [3.8, 4) is 0 Å². The molecule has 14 heavy (non-hydrogen) atoms. The van der Waals surface area contributed by atoms with E-state index in [-0.39, 0.29) is 11.7 Å². The highest BCUT2D eigenvalue weighted by Gasteiger charge is 2.07. The third kappa shape index (κ3) is 6.63. The Labute approximate surface area is 86.5 Å². The Bertz CT molecular complexity index is 190. The summed E-state index contributed by atoms with van der Waals surface area (Å²) in [5.74, 6) is 0.231. The normalized spacial score (nSPS) is 9.93. The van der Waals surface area contributed by atoms with Crippen LogP contribution in [0, 0.1) is 6.92 Å². The van der Waals surface area contributed by atoms with Crippen molar-refractivity contribution >= 4 is 11.7 Å². The second-order valence-electron chi connectivity index (χ2n) is 3.45. The molecule has 0 aromatic carbocycles. The van der Waals surface area contributed by atoms with Gasteiger partial charge in [-0.25, -0.2) is 0 Å². The van der Waals surface area contributed by atoms with Crippen molar-refractivity contribution < 1.29 is 9.59 Å². The largest absolute Gasteiger partial charge is 0.343 e. The molecule has 0 saturated heterocycles. The maximum Gasteiger partial charge on any atom is 0.219 e. The Hall–Kier alpha value is -0.860. The number of rotatable bonds is 7. The fourth-order valence-corrected chi connectivity index (χ4v) is 1.23. The van der Waals surface area contributed by atoms with Gasteiger partial charge in [0.15, 0.2) is 0 Å². The molecule has 0 aliphatic carbocycles. The first-order valence-electron chi connectivity index (χ1n) is 5.03. The molecule has 0 spiro atoms. The summed E-state index contributed by atoms with van der Waals surface area (Å²) in [4.78, 5) is 23.6. The Morgan fingerprint density at radius 3 is 2.14 bits per heavy atom. The summed E-state index contributed by atoms with van der Waals surface area (Å²) in [7, 11) is 0. The van der Waals surface area contributed by atoms with Crippen molar-refractivity contribution in [3.05, 3.63) is 6.92 Å². The highest BCUT2D eigenvalue weighted by Crippen LogP contribution is 2.00. The summed E-state index contributed by atoms with van der Waals surface area (Å²) in [6.45, 7) is 9.83. The number of Topliss-reactive ketones (excluding diaryl/α,β-unsaturated/α-hetero) is 1. The zero-order chi connectivity index (χ0) is 11.0. The molecular weight excluding hydrogens is 178 g/mol. The van der Waals surface area contributed by atoms with Crippen LogP contribution in [0.5, 0.6) is 0 Å². The highest BCUT2D eigenvalue weighted by molar-refractivity contribution is 5.75. The SMILES string of the molecule is [CH]CCCN(CCCC(C)=O)C(C)=O. The van der Waals surface area contributed by atoms with Crippen LogP contribution in [-0.4, -0.2) is 29.7 Å². The molecule has 0 aliphatic rings. The van der Waals surface area contributed by atoms with Crippen molar-refractivity contribution in [1.29, 1.82) is 0 Å². The molecular formula is C11H19NO2. The number of hydrogen-bond donors (Lipinski definition) is 0.